The Balaban J connectivity index is 1.76. The SMILES string of the molecule is CCNC1(c2ccccc2Cl)C(=O)Nc2ccc(Cl)c(Cc3ccc(C(=O)NC(C)(C)CO)cc3)c21. The number of nitrogens with one attached hydrogen (secondary N) is 3. The zero-order valence-corrected chi connectivity index (χ0v) is 21.9. The van der Waals surface area contributed by atoms with E-state index in [9.17, 15) is 14.7 Å². The maximum Gasteiger partial charge on any atom is 0.254 e. The third kappa shape index (κ3) is 4.74. The molecule has 0 aromatic heterocycles. The Morgan fingerprint density at radius 1 is 1.03 bits per heavy atom. The van der Waals surface area contributed by atoms with Crippen molar-refractivity contribution in [1.82, 2.24) is 10.6 Å². The second-order valence-corrected chi connectivity index (χ2v) is 10.3. The number of fused-ring (bicyclic) bond motifs is 1. The molecule has 0 fully saturated rings. The van der Waals surface area contributed by atoms with E-state index >= 15 is 0 Å². The normalized spacial score (nSPS) is 17.0. The summed E-state index contributed by atoms with van der Waals surface area (Å²) in [5, 5.41) is 19.7. The van der Waals surface area contributed by atoms with Crippen molar-refractivity contribution in [2.45, 2.75) is 38.3 Å². The van der Waals surface area contributed by atoms with Gasteiger partial charge in [-0.25, -0.2) is 0 Å². The van der Waals surface area contributed by atoms with Gasteiger partial charge in [0.15, 0.2) is 5.54 Å². The minimum Gasteiger partial charge on any atom is -0.394 e. The zero-order valence-electron chi connectivity index (χ0n) is 20.4. The molecule has 1 atom stereocenters. The van der Waals surface area contributed by atoms with Gasteiger partial charge in [0.2, 0.25) is 0 Å². The van der Waals surface area contributed by atoms with Gasteiger partial charge in [-0.15, -0.1) is 0 Å². The van der Waals surface area contributed by atoms with Gasteiger partial charge < -0.3 is 15.7 Å². The van der Waals surface area contributed by atoms with Crippen LogP contribution in [0.4, 0.5) is 5.69 Å². The van der Waals surface area contributed by atoms with Crippen molar-refractivity contribution < 1.29 is 14.7 Å². The molecule has 1 heterocycles. The van der Waals surface area contributed by atoms with Crippen LogP contribution >= 0.6 is 23.2 Å². The number of halogens is 2. The molecule has 4 N–H and O–H groups in total. The molecule has 3 aromatic rings. The Bertz CT molecular complexity index is 1310. The van der Waals surface area contributed by atoms with Gasteiger partial charge in [-0.3, -0.25) is 14.9 Å². The lowest BCUT2D eigenvalue weighted by Crippen LogP contribution is -2.49. The van der Waals surface area contributed by atoms with Gasteiger partial charge in [-0.05, 0) is 68.3 Å². The first-order chi connectivity index (χ1) is 17.1. The molecule has 2 amide bonds. The second kappa shape index (κ2) is 10.2. The number of anilines is 1. The highest BCUT2D eigenvalue weighted by atomic mass is 35.5. The van der Waals surface area contributed by atoms with Crippen LogP contribution < -0.4 is 16.0 Å². The number of aliphatic hydroxyl groups excluding tert-OH is 1. The highest BCUT2D eigenvalue weighted by Crippen LogP contribution is 2.47. The number of hydrogen-bond acceptors (Lipinski definition) is 4. The minimum atomic E-state index is -1.20. The molecule has 0 saturated heterocycles. The van der Waals surface area contributed by atoms with Gasteiger partial charge in [-0.1, -0.05) is 60.5 Å². The van der Waals surface area contributed by atoms with E-state index in [4.69, 9.17) is 23.2 Å². The Kier molecular flexibility index (Phi) is 7.43. The zero-order chi connectivity index (χ0) is 26.1. The summed E-state index contributed by atoms with van der Waals surface area (Å²) in [5.41, 5.74) is 2.38. The van der Waals surface area contributed by atoms with Crippen molar-refractivity contribution in [2.75, 3.05) is 18.5 Å². The monoisotopic (exact) mass is 525 g/mol. The van der Waals surface area contributed by atoms with E-state index in [2.05, 4.69) is 16.0 Å². The summed E-state index contributed by atoms with van der Waals surface area (Å²) >= 11 is 13.4. The van der Waals surface area contributed by atoms with Crippen LogP contribution in [0.15, 0.2) is 60.7 Å². The first-order valence-corrected chi connectivity index (χ1v) is 12.5. The molecule has 0 saturated carbocycles. The van der Waals surface area contributed by atoms with E-state index in [1.165, 1.54) is 0 Å². The van der Waals surface area contributed by atoms with Gasteiger partial charge in [0.05, 0.1) is 12.1 Å². The molecule has 4 rings (SSSR count). The van der Waals surface area contributed by atoms with E-state index < -0.39 is 11.1 Å². The first-order valence-electron chi connectivity index (χ1n) is 11.8. The molecule has 3 aromatic carbocycles. The summed E-state index contributed by atoms with van der Waals surface area (Å²) in [7, 11) is 0. The van der Waals surface area contributed by atoms with Crippen LogP contribution in [0.1, 0.15) is 53.4 Å². The van der Waals surface area contributed by atoms with Crippen molar-refractivity contribution in [1.29, 1.82) is 0 Å². The molecule has 1 aliphatic rings. The average Bonchev–Trinajstić information content (AvgIpc) is 3.13. The number of amides is 2. The maximum atomic E-state index is 13.5. The first kappa shape index (κ1) is 26.2. The molecule has 1 aliphatic heterocycles. The van der Waals surface area contributed by atoms with Gasteiger partial charge in [-0.2, -0.15) is 0 Å². The average molecular weight is 526 g/mol. The molecular formula is C28H29Cl2N3O3. The van der Waals surface area contributed by atoms with Gasteiger partial charge in [0, 0.05) is 32.4 Å². The molecule has 1 unspecified atom stereocenters. The number of benzene rings is 3. The Morgan fingerprint density at radius 3 is 2.36 bits per heavy atom. The summed E-state index contributed by atoms with van der Waals surface area (Å²) in [5.74, 6) is -0.478. The molecule has 0 spiro atoms. The molecule has 0 bridgehead atoms. The Hall–Kier alpha value is -2.90. The van der Waals surface area contributed by atoms with Crippen LogP contribution in [0.5, 0.6) is 0 Å². The molecule has 188 valence electrons. The van der Waals surface area contributed by atoms with E-state index in [0.29, 0.717) is 39.8 Å². The van der Waals surface area contributed by atoms with Crippen molar-refractivity contribution in [3.63, 3.8) is 0 Å². The van der Waals surface area contributed by atoms with Gasteiger partial charge >= 0.3 is 0 Å². The van der Waals surface area contributed by atoms with Crippen LogP contribution in [0.2, 0.25) is 10.0 Å². The number of carbonyl (C=O) groups is 2. The third-order valence-corrected chi connectivity index (χ3v) is 7.07. The van der Waals surface area contributed by atoms with E-state index in [1.807, 2.05) is 43.3 Å². The van der Waals surface area contributed by atoms with Crippen molar-refractivity contribution in [3.8, 4) is 0 Å². The number of aliphatic hydroxyl groups is 1. The van der Waals surface area contributed by atoms with Crippen molar-refractivity contribution in [3.05, 3.63) is 98.5 Å². The fraction of sp³-hybridized carbons (Fsp3) is 0.286. The summed E-state index contributed by atoms with van der Waals surface area (Å²) in [6.07, 6.45) is 0.443. The molecule has 0 radical (unpaired) electrons. The fourth-order valence-corrected chi connectivity index (χ4v) is 5.11. The Morgan fingerprint density at radius 2 is 1.72 bits per heavy atom. The largest absolute Gasteiger partial charge is 0.394 e. The van der Waals surface area contributed by atoms with E-state index in [-0.39, 0.29) is 18.4 Å². The smallest absolute Gasteiger partial charge is 0.254 e. The Labute approximate surface area is 221 Å². The van der Waals surface area contributed by atoms with Crippen LogP contribution in [-0.2, 0) is 16.8 Å². The summed E-state index contributed by atoms with van der Waals surface area (Å²) in [6, 6.07) is 18.1. The topological polar surface area (TPSA) is 90.5 Å². The van der Waals surface area contributed by atoms with Crippen LogP contribution in [0.3, 0.4) is 0 Å². The second-order valence-electron chi connectivity index (χ2n) is 9.53. The predicted octanol–water partition coefficient (Wildman–Crippen LogP) is 4.89. The van der Waals surface area contributed by atoms with Crippen molar-refractivity contribution in [2.24, 2.45) is 0 Å². The highest BCUT2D eigenvalue weighted by molar-refractivity contribution is 6.33. The highest BCUT2D eigenvalue weighted by Gasteiger charge is 2.50. The quantitative estimate of drug-likeness (QED) is 0.337. The predicted molar refractivity (Wildman–Crippen MR) is 144 cm³/mol. The number of likely N-dealkylation sites (N-methyl/N-ethyl adjacent to an activating group) is 1. The third-order valence-electron chi connectivity index (χ3n) is 6.38. The number of carbonyl (C=O) groups excluding carboxylic acids is 2. The van der Waals surface area contributed by atoms with Gasteiger partial charge in [0.25, 0.3) is 11.8 Å². The van der Waals surface area contributed by atoms with E-state index in [0.717, 1.165) is 16.7 Å². The maximum absolute atomic E-state index is 13.5. The lowest BCUT2D eigenvalue weighted by atomic mass is 9.80. The molecule has 6 nitrogen and oxygen atoms in total. The van der Waals surface area contributed by atoms with Crippen LogP contribution in [0.25, 0.3) is 0 Å². The van der Waals surface area contributed by atoms with Crippen LogP contribution in [0, 0.1) is 0 Å². The summed E-state index contributed by atoms with van der Waals surface area (Å²) in [6.45, 7) is 5.80. The van der Waals surface area contributed by atoms with Crippen molar-refractivity contribution >= 4 is 40.7 Å². The van der Waals surface area contributed by atoms with Gasteiger partial charge in [0.1, 0.15) is 0 Å². The molecular weight excluding hydrogens is 497 g/mol. The molecule has 0 aliphatic carbocycles. The lowest BCUT2D eigenvalue weighted by molar-refractivity contribution is -0.120. The number of rotatable bonds is 8. The van der Waals surface area contributed by atoms with E-state index in [1.54, 1.807) is 38.1 Å². The molecule has 36 heavy (non-hydrogen) atoms. The summed E-state index contributed by atoms with van der Waals surface area (Å²) < 4.78 is 0. The standard InChI is InChI=1S/C28H29Cl2N3O3/c1-4-31-28(20-7-5-6-8-22(20)30)24-19(21(29)13-14-23(24)32-26(28)36)15-17-9-11-18(12-10-17)25(35)33-27(2,3)16-34/h5-14,31,34H,4,15-16H2,1-3H3,(H,32,36)(H,33,35). The lowest BCUT2D eigenvalue weighted by Gasteiger charge is -2.32. The fourth-order valence-electron chi connectivity index (χ4n) is 4.61. The minimum absolute atomic E-state index is 0.166. The van der Waals surface area contributed by atoms with Crippen LogP contribution in [-0.4, -0.2) is 35.6 Å². The number of hydrogen-bond donors (Lipinski definition) is 4. The summed E-state index contributed by atoms with van der Waals surface area (Å²) in [4.78, 5) is 26.1. The molecule has 8 heteroatoms.